The number of halogens is 1. The number of rotatable bonds is 6. The zero-order chi connectivity index (χ0) is 21.8. The Balaban J connectivity index is 2.01. The molecule has 30 heavy (non-hydrogen) atoms. The zero-order valence-corrected chi connectivity index (χ0v) is 17.7. The fourth-order valence-corrected chi connectivity index (χ4v) is 3.37. The third-order valence-corrected chi connectivity index (χ3v) is 5.08. The molecule has 1 aliphatic heterocycles. The van der Waals surface area contributed by atoms with Gasteiger partial charge in [0.2, 0.25) is 0 Å². The van der Waals surface area contributed by atoms with Crippen molar-refractivity contribution < 1.29 is 19.1 Å². The van der Waals surface area contributed by atoms with Gasteiger partial charge < -0.3 is 9.64 Å². The summed E-state index contributed by atoms with van der Waals surface area (Å²) in [6.45, 7) is 5.77. The summed E-state index contributed by atoms with van der Waals surface area (Å²) in [5.74, 6) is -0.964. The maximum Gasteiger partial charge on any atom is 0.335 e. The molecule has 1 fully saturated rings. The van der Waals surface area contributed by atoms with E-state index in [9.17, 15) is 14.4 Å². The van der Waals surface area contributed by atoms with Crippen LogP contribution < -0.4 is 19.9 Å². The van der Waals surface area contributed by atoms with Crippen LogP contribution in [0.5, 0.6) is 5.75 Å². The number of methoxy groups -OCH3 is 1. The van der Waals surface area contributed by atoms with E-state index in [2.05, 4.69) is 24.1 Å². The molecule has 0 radical (unpaired) electrons. The number of hydrogen-bond acceptors (Lipinski definition) is 5. The summed E-state index contributed by atoms with van der Waals surface area (Å²) in [5.41, 5.74) is 1.66. The molecule has 2 aromatic rings. The molecular weight excluding hydrogens is 406 g/mol. The number of anilines is 2. The van der Waals surface area contributed by atoms with Gasteiger partial charge in [0.1, 0.15) is 11.3 Å². The number of barbiturate groups is 1. The van der Waals surface area contributed by atoms with Crippen molar-refractivity contribution in [3.8, 4) is 5.75 Å². The third kappa shape index (κ3) is 4.16. The van der Waals surface area contributed by atoms with Gasteiger partial charge in [0.25, 0.3) is 11.8 Å². The van der Waals surface area contributed by atoms with Crippen LogP contribution in [-0.4, -0.2) is 38.0 Å². The summed E-state index contributed by atoms with van der Waals surface area (Å²) < 4.78 is 5.47. The Labute approximate surface area is 179 Å². The van der Waals surface area contributed by atoms with E-state index in [1.54, 1.807) is 18.2 Å². The molecule has 156 valence electrons. The Morgan fingerprint density at radius 2 is 1.73 bits per heavy atom. The molecule has 0 saturated carbocycles. The lowest BCUT2D eigenvalue weighted by Crippen LogP contribution is -2.54. The van der Waals surface area contributed by atoms with Gasteiger partial charge in [-0.05, 0) is 56.3 Å². The number of amides is 4. The highest BCUT2D eigenvalue weighted by atomic mass is 35.5. The molecule has 1 saturated heterocycles. The average molecular weight is 428 g/mol. The molecule has 1 N–H and O–H groups in total. The number of imide groups is 2. The summed E-state index contributed by atoms with van der Waals surface area (Å²) in [6.07, 6.45) is 1.43. The molecule has 0 spiro atoms. The van der Waals surface area contributed by atoms with Gasteiger partial charge in [-0.3, -0.25) is 14.9 Å². The smallest absolute Gasteiger partial charge is 0.335 e. The number of nitrogens with one attached hydrogen (secondary N) is 1. The monoisotopic (exact) mass is 427 g/mol. The second-order valence-corrected chi connectivity index (χ2v) is 6.97. The van der Waals surface area contributed by atoms with Gasteiger partial charge in [-0.2, -0.15) is 0 Å². The van der Waals surface area contributed by atoms with Crippen molar-refractivity contribution in [2.45, 2.75) is 13.8 Å². The molecule has 8 heteroatoms. The number of hydrogen-bond donors (Lipinski definition) is 1. The van der Waals surface area contributed by atoms with E-state index in [0.717, 1.165) is 23.7 Å². The maximum atomic E-state index is 13.0. The van der Waals surface area contributed by atoms with Crippen LogP contribution in [0.25, 0.3) is 6.08 Å². The predicted molar refractivity (Wildman–Crippen MR) is 117 cm³/mol. The first-order valence-electron chi connectivity index (χ1n) is 9.49. The van der Waals surface area contributed by atoms with Crippen molar-refractivity contribution in [2.24, 2.45) is 0 Å². The van der Waals surface area contributed by atoms with Crippen molar-refractivity contribution in [1.82, 2.24) is 5.32 Å². The molecule has 1 aliphatic rings. The average Bonchev–Trinajstić information content (AvgIpc) is 2.73. The number of carbonyl (C=O) groups excluding carboxylic acids is 3. The fraction of sp³-hybridized carbons (Fsp3) is 0.227. The van der Waals surface area contributed by atoms with Crippen molar-refractivity contribution in [3.05, 3.63) is 58.6 Å². The van der Waals surface area contributed by atoms with Crippen molar-refractivity contribution in [1.29, 1.82) is 0 Å². The van der Waals surface area contributed by atoms with Gasteiger partial charge in [0.15, 0.2) is 0 Å². The molecule has 0 atom stereocenters. The van der Waals surface area contributed by atoms with E-state index >= 15 is 0 Å². The van der Waals surface area contributed by atoms with Crippen molar-refractivity contribution in [3.63, 3.8) is 0 Å². The first-order chi connectivity index (χ1) is 14.4. The van der Waals surface area contributed by atoms with Gasteiger partial charge in [-0.25, -0.2) is 9.69 Å². The standard InChI is InChI=1S/C22H22ClN3O4/c1-4-25(5-2)17-9-6-14(19(13-17)30-3)12-18-20(27)24-22(29)26(21(18)28)16-10-7-15(23)8-11-16/h6-13H,4-5H2,1-3H3,(H,24,27,29)/b18-12-. The van der Waals surface area contributed by atoms with Crippen molar-refractivity contribution >= 4 is 46.9 Å². The summed E-state index contributed by atoms with van der Waals surface area (Å²) >= 11 is 5.88. The van der Waals surface area contributed by atoms with Crippen molar-refractivity contribution in [2.75, 3.05) is 30.0 Å². The highest BCUT2D eigenvalue weighted by Gasteiger charge is 2.37. The van der Waals surface area contributed by atoms with Crippen LogP contribution in [0.4, 0.5) is 16.2 Å². The summed E-state index contributed by atoms with van der Waals surface area (Å²) in [5, 5.41) is 2.67. The Morgan fingerprint density at radius 1 is 1.07 bits per heavy atom. The fourth-order valence-electron chi connectivity index (χ4n) is 3.24. The lowest BCUT2D eigenvalue weighted by molar-refractivity contribution is -0.122. The maximum absolute atomic E-state index is 13.0. The van der Waals surface area contributed by atoms with Crippen LogP contribution in [0.3, 0.4) is 0 Å². The van der Waals surface area contributed by atoms with Crippen LogP contribution in [0, 0.1) is 0 Å². The number of urea groups is 1. The number of ether oxygens (including phenoxy) is 1. The number of nitrogens with zero attached hydrogens (tertiary/aromatic N) is 2. The van der Waals surface area contributed by atoms with Crippen LogP contribution in [-0.2, 0) is 9.59 Å². The minimum absolute atomic E-state index is 0.168. The molecule has 1 heterocycles. The van der Waals surface area contributed by atoms with E-state index in [0.29, 0.717) is 22.0 Å². The minimum atomic E-state index is -0.812. The molecule has 3 rings (SSSR count). The minimum Gasteiger partial charge on any atom is -0.496 e. The first-order valence-corrected chi connectivity index (χ1v) is 9.87. The van der Waals surface area contributed by atoms with Crippen LogP contribution >= 0.6 is 11.6 Å². The molecule has 0 aromatic heterocycles. The lowest BCUT2D eigenvalue weighted by atomic mass is 10.1. The molecular formula is C22H22ClN3O4. The Bertz CT molecular complexity index is 1010. The third-order valence-electron chi connectivity index (χ3n) is 4.83. The van der Waals surface area contributed by atoms with E-state index < -0.39 is 17.8 Å². The summed E-state index contributed by atoms with van der Waals surface area (Å²) in [6, 6.07) is 10.9. The highest BCUT2D eigenvalue weighted by molar-refractivity contribution is 6.39. The van der Waals surface area contributed by atoms with Gasteiger partial charge in [0, 0.05) is 35.4 Å². The van der Waals surface area contributed by atoms with E-state index in [-0.39, 0.29) is 5.57 Å². The first kappa shape index (κ1) is 21.4. The molecule has 0 aliphatic carbocycles. The summed E-state index contributed by atoms with van der Waals surface area (Å²) in [7, 11) is 1.52. The zero-order valence-electron chi connectivity index (χ0n) is 16.9. The molecule has 7 nitrogen and oxygen atoms in total. The van der Waals surface area contributed by atoms with E-state index in [1.807, 2.05) is 12.1 Å². The second kappa shape index (κ2) is 9.00. The van der Waals surface area contributed by atoms with Crippen LogP contribution in [0.15, 0.2) is 48.0 Å². The van der Waals surface area contributed by atoms with E-state index in [1.165, 1.54) is 25.3 Å². The SMILES string of the molecule is CCN(CC)c1ccc(/C=C2/C(=O)NC(=O)N(c3ccc(Cl)cc3)C2=O)c(OC)c1. The van der Waals surface area contributed by atoms with Gasteiger partial charge in [-0.15, -0.1) is 0 Å². The molecule has 0 unspecified atom stereocenters. The van der Waals surface area contributed by atoms with Crippen LogP contribution in [0.1, 0.15) is 19.4 Å². The second-order valence-electron chi connectivity index (χ2n) is 6.53. The number of carbonyl (C=O) groups is 3. The highest BCUT2D eigenvalue weighted by Crippen LogP contribution is 2.29. The lowest BCUT2D eigenvalue weighted by Gasteiger charge is -2.26. The van der Waals surface area contributed by atoms with Crippen LogP contribution in [0.2, 0.25) is 5.02 Å². The Hall–Kier alpha value is -3.32. The molecule has 0 bridgehead atoms. The Morgan fingerprint density at radius 3 is 2.33 bits per heavy atom. The summed E-state index contributed by atoms with van der Waals surface area (Å²) in [4.78, 5) is 40.7. The topological polar surface area (TPSA) is 79.0 Å². The normalized spacial score (nSPS) is 15.4. The van der Waals surface area contributed by atoms with Gasteiger partial charge >= 0.3 is 6.03 Å². The largest absolute Gasteiger partial charge is 0.496 e. The molecule has 4 amide bonds. The molecule has 2 aromatic carbocycles. The van der Waals surface area contributed by atoms with Gasteiger partial charge in [-0.1, -0.05) is 11.6 Å². The quantitative estimate of drug-likeness (QED) is 0.559. The van der Waals surface area contributed by atoms with E-state index in [4.69, 9.17) is 16.3 Å². The number of benzene rings is 2. The Kier molecular flexibility index (Phi) is 6.42. The predicted octanol–water partition coefficient (Wildman–Crippen LogP) is 3.86. The van der Waals surface area contributed by atoms with Gasteiger partial charge in [0.05, 0.1) is 12.8 Å².